The molecule has 1 aliphatic carbocycles. The van der Waals surface area contributed by atoms with Gasteiger partial charge in [0, 0.05) is 17.8 Å². The number of nitrogens with zero attached hydrogens (tertiary/aromatic N) is 1. The van der Waals surface area contributed by atoms with Crippen LogP contribution in [0.4, 0.5) is 0 Å². The lowest BCUT2D eigenvalue weighted by atomic mass is 9.79. The molecule has 0 atom stereocenters. The van der Waals surface area contributed by atoms with Crippen LogP contribution < -0.4 is 0 Å². The van der Waals surface area contributed by atoms with Gasteiger partial charge in [-0.3, -0.25) is 0 Å². The van der Waals surface area contributed by atoms with Gasteiger partial charge in [0.2, 0.25) is 0 Å². The van der Waals surface area contributed by atoms with Gasteiger partial charge in [-0.15, -0.1) is 0 Å². The number of fused-ring (bicyclic) bond motifs is 1. The Hall–Kier alpha value is -1.31. The Morgan fingerprint density at radius 3 is 3.00 bits per heavy atom. The molecule has 1 N–H and O–H groups in total. The SMILES string of the molecule is c1cc(C2CCC2)c2cc[nH]c2n1. The van der Waals surface area contributed by atoms with Crippen LogP contribution in [0.2, 0.25) is 0 Å². The number of nitrogens with one attached hydrogen (secondary N) is 1. The molecule has 2 nitrogen and oxygen atoms in total. The van der Waals surface area contributed by atoms with Gasteiger partial charge in [-0.05, 0) is 36.5 Å². The molecule has 0 unspecified atom stereocenters. The fraction of sp³-hybridized carbons (Fsp3) is 0.364. The molecule has 2 heterocycles. The minimum atomic E-state index is 0.793. The molecule has 2 heteroatoms. The monoisotopic (exact) mass is 172 g/mol. The predicted molar refractivity (Wildman–Crippen MR) is 52.7 cm³/mol. The van der Waals surface area contributed by atoms with Gasteiger partial charge in [0.1, 0.15) is 5.65 Å². The molecule has 0 bridgehead atoms. The van der Waals surface area contributed by atoms with Crippen LogP contribution >= 0.6 is 0 Å². The molecule has 1 fully saturated rings. The summed E-state index contributed by atoms with van der Waals surface area (Å²) in [5.74, 6) is 0.793. The maximum absolute atomic E-state index is 4.29. The summed E-state index contributed by atoms with van der Waals surface area (Å²) in [4.78, 5) is 7.44. The van der Waals surface area contributed by atoms with E-state index in [2.05, 4.69) is 22.1 Å². The van der Waals surface area contributed by atoms with E-state index >= 15 is 0 Å². The van der Waals surface area contributed by atoms with Crippen LogP contribution in [0.25, 0.3) is 11.0 Å². The van der Waals surface area contributed by atoms with E-state index < -0.39 is 0 Å². The molecule has 0 amide bonds. The predicted octanol–water partition coefficient (Wildman–Crippen LogP) is 2.83. The zero-order valence-electron chi connectivity index (χ0n) is 7.46. The van der Waals surface area contributed by atoms with E-state index in [9.17, 15) is 0 Å². The van der Waals surface area contributed by atoms with E-state index in [0.717, 1.165) is 11.6 Å². The molecule has 1 aliphatic rings. The van der Waals surface area contributed by atoms with Gasteiger partial charge < -0.3 is 4.98 Å². The molecule has 0 radical (unpaired) electrons. The Morgan fingerprint density at radius 1 is 1.31 bits per heavy atom. The lowest BCUT2D eigenvalue weighted by molar-refractivity contribution is 0.422. The van der Waals surface area contributed by atoms with Crippen molar-refractivity contribution < 1.29 is 0 Å². The first-order valence-electron chi connectivity index (χ1n) is 4.87. The number of hydrogen-bond acceptors (Lipinski definition) is 1. The second kappa shape index (κ2) is 2.59. The second-order valence-corrected chi connectivity index (χ2v) is 3.77. The average molecular weight is 172 g/mol. The standard InChI is InChI=1S/C11H12N2/c1-2-8(3-1)9-4-6-12-11-10(9)5-7-13-11/h4-8H,1-3H2,(H,12,13). The first-order valence-corrected chi connectivity index (χ1v) is 4.87. The van der Waals surface area contributed by atoms with Crippen molar-refractivity contribution in [3.8, 4) is 0 Å². The highest BCUT2D eigenvalue weighted by Crippen LogP contribution is 2.38. The minimum Gasteiger partial charge on any atom is -0.346 e. The van der Waals surface area contributed by atoms with Crippen LogP contribution in [-0.2, 0) is 0 Å². The van der Waals surface area contributed by atoms with Crippen molar-refractivity contribution in [2.45, 2.75) is 25.2 Å². The average Bonchev–Trinajstić information content (AvgIpc) is 2.49. The van der Waals surface area contributed by atoms with Crippen molar-refractivity contribution in [3.05, 3.63) is 30.1 Å². The maximum Gasteiger partial charge on any atom is 0.137 e. The van der Waals surface area contributed by atoms with Crippen molar-refractivity contribution in [1.82, 2.24) is 9.97 Å². The molecule has 1 saturated carbocycles. The van der Waals surface area contributed by atoms with Crippen molar-refractivity contribution >= 4 is 11.0 Å². The largest absolute Gasteiger partial charge is 0.346 e. The summed E-state index contributed by atoms with van der Waals surface area (Å²) >= 11 is 0. The van der Waals surface area contributed by atoms with Crippen LogP contribution in [0.15, 0.2) is 24.5 Å². The molecule has 0 aliphatic heterocycles. The van der Waals surface area contributed by atoms with Crippen molar-refractivity contribution in [3.63, 3.8) is 0 Å². The molecule has 66 valence electrons. The smallest absolute Gasteiger partial charge is 0.137 e. The zero-order valence-corrected chi connectivity index (χ0v) is 7.46. The fourth-order valence-electron chi connectivity index (χ4n) is 2.06. The first-order chi connectivity index (χ1) is 6.45. The lowest BCUT2D eigenvalue weighted by Gasteiger charge is -2.26. The number of pyridine rings is 1. The highest BCUT2D eigenvalue weighted by molar-refractivity contribution is 5.79. The summed E-state index contributed by atoms with van der Waals surface area (Å²) in [6.45, 7) is 0. The maximum atomic E-state index is 4.29. The topological polar surface area (TPSA) is 28.7 Å². The Balaban J connectivity index is 2.20. The third-order valence-corrected chi connectivity index (χ3v) is 3.04. The van der Waals surface area contributed by atoms with Crippen molar-refractivity contribution in [2.75, 3.05) is 0 Å². The van der Waals surface area contributed by atoms with Crippen LogP contribution in [0, 0.1) is 0 Å². The van der Waals surface area contributed by atoms with Gasteiger partial charge in [0.25, 0.3) is 0 Å². The van der Waals surface area contributed by atoms with Crippen molar-refractivity contribution in [2.24, 2.45) is 0 Å². The van der Waals surface area contributed by atoms with Gasteiger partial charge in [-0.1, -0.05) is 6.42 Å². The van der Waals surface area contributed by atoms with E-state index in [1.807, 2.05) is 12.4 Å². The molecular weight excluding hydrogens is 160 g/mol. The van der Waals surface area contributed by atoms with Gasteiger partial charge in [-0.25, -0.2) is 4.98 Å². The van der Waals surface area contributed by atoms with Crippen molar-refractivity contribution in [1.29, 1.82) is 0 Å². The van der Waals surface area contributed by atoms with Crippen LogP contribution in [0.5, 0.6) is 0 Å². The second-order valence-electron chi connectivity index (χ2n) is 3.77. The minimum absolute atomic E-state index is 0.793. The molecule has 2 aromatic heterocycles. The Morgan fingerprint density at radius 2 is 2.23 bits per heavy atom. The van der Waals surface area contributed by atoms with E-state index in [1.165, 1.54) is 30.2 Å². The molecule has 2 aromatic rings. The lowest BCUT2D eigenvalue weighted by Crippen LogP contribution is -2.08. The number of H-pyrrole nitrogens is 1. The Bertz CT molecular complexity index is 426. The van der Waals surface area contributed by atoms with Gasteiger partial charge in [-0.2, -0.15) is 0 Å². The number of aromatic nitrogens is 2. The van der Waals surface area contributed by atoms with Crippen LogP contribution in [-0.4, -0.2) is 9.97 Å². The van der Waals surface area contributed by atoms with E-state index in [4.69, 9.17) is 0 Å². The third-order valence-electron chi connectivity index (χ3n) is 3.04. The molecular formula is C11H12N2. The molecule has 0 saturated heterocycles. The number of rotatable bonds is 1. The number of hydrogen-bond donors (Lipinski definition) is 1. The van der Waals surface area contributed by atoms with Crippen LogP contribution in [0.1, 0.15) is 30.7 Å². The third kappa shape index (κ3) is 0.981. The quantitative estimate of drug-likeness (QED) is 0.704. The van der Waals surface area contributed by atoms with Gasteiger partial charge >= 0.3 is 0 Å². The van der Waals surface area contributed by atoms with E-state index in [-0.39, 0.29) is 0 Å². The highest BCUT2D eigenvalue weighted by Gasteiger charge is 2.21. The zero-order chi connectivity index (χ0) is 8.67. The molecule has 13 heavy (non-hydrogen) atoms. The van der Waals surface area contributed by atoms with Gasteiger partial charge in [0.15, 0.2) is 0 Å². The fourth-order valence-corrected chi connectivity index (χ4v) is 2.06. The summed E-state index contributed by atoms with van der Waals surface area (Å²) in [6.07, 6.45) is 7.97. The van der Waals surface area contributed by atoms with E-state index in [0.29, 0.717) is 0 Å². The summed E-state index contributed by atoms with van der Waals surface area (Å²) in [5, 5.41) is 1.31. The summed E-state index contributed by atoms with van der Waals surface area (Å²) in [5.41, 5.74) is 2.52. The van der Waals surface area contributed by atoms with E-state index in [1.54, 1.807) is 0 Å². The number of aromatic amines is 1. The summed E-state index contributed by atoms with van der Waals surface area (Å²) in [6, 6.07) is 4.30. The molecule has 0 aromatic carbocycles. The highest BCUT2D eigenvalue weighted by atomic mass is 14.8. The first kappa shape index (κ1) is 7.13. The van der Waals surface area contributed by atoms with Gasteiger partial charge in [0.05, 0.1) is 0 Å². The Labute approximate surface area is 77.0 Å². The summed E-state index contributed by atoms with van der Waals surface area (Å²) in [7, 11) is 0. The molecule has 0 spiro atoms. The van der Waals surface area contributed by atoms with Crippen LogP contribution in [0.3, 0.4) is 0 Å². The Kier molecular flexibility index (Phi) is 1.42. The summed E-state index contributed by atoms with van der Waals surface area (Å²) < 4.78 is 0. The normalized spacial score (nSPS) is 17.5. The molecule has 3 rings (SSSR count).